The molecule has 1 aliphatic rings. The van der Waals surface area contributed by atoms with Gasteiger partial charge in [0.15, 0.2) is 0 Å². The molecular weight excluding hydrogens is 452 g/mol. The third kappa shape index (κ3) is 3.99. The van der Waals surface area contributed by atoms with Crippen LogP contribution in [0, 0.1) is 0 Å². The van der Waals surface area contributed by atoms with Crippen LogP contribution in [0.1, 0.15) is 33.1 Å². The summed E-state index contributed by atoms with van der Waals surface area (Å²) >= 11 is 3.51. The van der Waals surface area contributed by atoms with Gasteiger partial charge < -0.3 is 4.90 Å². The number of carbonyl (C=O) groups is 1. The van der Waals surface area contributed by atoms with Crippen molar-refractivity contribution in [2.24, 2.45) is 5.14 Å². The van der Waals surface area contributed by atoms with E-state index in [4.69, 9.17) is 5.14 Å². The molecule has 0 bridgehead atoms. The molecule has 1 aliphatic heterocycles. The summed E-state index contributed by atoms with van der Waals surface area (Å²) in [7, 11) is -3.71. The first kappa shape index (κ1) is 19.8. The molecule has 148 valence electrons. The predicted octanol–water partition coefficient (Wildman–Crippen LogP) is 3.88. The number of hydrogen-bond donors (Lipinski definition) is 1. The number of benzene rings is 3. The van der Waals surface area contributed by atoms with E-state index in [2.05, 4.69) is 15.9 Å². The molecule has 0 aliphatic carbocycles. The van der Waals surface area contributed by atoms with Crippen LogP contribution in [0.3, 0.4) is 0 Å². The number of nitrogens with zero attached hydrogens (tertiary/aromatic N) is 1. The lowest BCUT2D eigenvalue weighted by atomic mass is 9.98. The number of sulfonamides is 1. The molecule has 3 aromatic rings. The molecule has 29 heavy (non-hydrogen) atoms. The van der Waals surface area contributed by atoms with Crippen LogP contribution in [0.25, 0.3) is 0 Å². The minimum atomic E-state index is -3.71. The Kier molecular flexibility index (Phi) is 5.29. The van der Waals surface area contributed by atoms with E-state index in [-0.39, 0.29) is 16.8 Å². The maximum atomic E-state index is 13.1. The molecule has 1 amide bonds. The molecule has 4 rings (SSSR count). The van der Waals surface area contributed by atoms with Crippen LogP contribution in [0.4, 0.5) is 0 Å². The van der Waals surface area contributed by atoms with Crippen molar-refractivity contribution in [3.05, 3.63) is 99.5 Å². The average Bonchev–Trinajstić information content (AvgIpc) is 2.97. The van der Waals surface area contributed by atoms with Crippen LogP contribution in [0.15, 0.2) is 82.2 Å². The lowest BCUT2D eigenvalue weighted by Crippen LogP contribution is -2.30. The predicted molar refractivity (Wildman–Crippen MR) is 115 cm³/mol. The summed E-state index contributed by atoms with van der Waals surface area (Å²) in [5.74, 6) is 0.00232. The fraction of sp³-hybridized carbons (Fsp3) is 0.136. The number of rotatable bonds is 5. The monoisotopic (exact) mass is 470 g/mol. The molecule has 3 aromatic carbocycles. The number of carbonyl (C=O) groups excluding carboxylic acids is 1. The largest absolute Gasteiger partial charge is 0.327 e. The van der Waals surface area contributed by atoms with E-state index < -0.39 is 10.0 Å². The summed E-state index contributed by atoms with van der Waals surface area (Å²) in [6, 6.07) is 22.0. The van der Waals surface area contributed by atoms with Crippen LogP contribution in [0.2, 0.25) is 0 Å². The van der Waals surface area contributed by atoms with Crippen LogP contribution in [0.5, 0.6) is 0 Å². The molecule has 0 fully saturated rings. The molecule has 0 saturated heterocycles. The third-order valence-electron chi connectivity index (χ3n) is 5.12. The van der Waals surface area contributed by atoms with Crippen LogP contribution in [-0.4, -0.2) is 25.8 Å². The van der Waals surface area contributed by atoms with E-state index in [1.807, 2.05) is 53.4 Å². The fourth-order valence-electron chi connectivity index (χ4n) is 3.72. The highest BCUT2D eigenvalue weighted by atomic mass is 79.9. The standard InChI is InChI=1S/C22H19BrN2O3S/c23-17-8-11-19-20(14-17)21(16-4-2-1-3-5-16)25(22(19)26)13-12-15-6-9-18(10-7-15)29(24,27)28/h1-11,14,21H,12-13H2,(H2,24,27,28). The third-order valence-corrected chi connectivity index (χ3v) is 6.54. The van der Waals surface area contributed by atoms with Crippen molar-refractivity contribution in [3.8, 4) is 0 Å². The zero-order valence-electron chi connectivity index (χ0n) is 15.5. The summed E-state index contributed by atoms with van der Waals surface area (Å²) < 4.78 is 23.8. The first-order chi connectivity index (χ1) is 13.8. The zero-order chi connectivity index (χ0) is 20.6. The average molecular weight is 471 g/mol. The highest BCUT2D eigenvalue weighted by Crippen LogP contribution is 2.39. The van der Waals surface area contributed by atoms with Crippen molar-refractivity contribution in [1.29, 1.82) is 0 Å². The molecule has 0 spiro atoms. The minimum Gasteiger partial charge on any atom is -0.327 e. The second-order valence-electron chi connectivity index (χ2n) is 6.98. The number of amides is 1. The Morgan fingerprint density at radius 1 is 0.966 bits per heavy atom. The normalized spacial score (nSPS) is 16.1. The molecule has 0 aromatic heterocycles. The highest BCUT2D eigenvalue weighted by Gasteiger charge is 2.37. The van der Waals surface area contributed by atoms with Crippen LogP contribution >= 0.6 is 15.9 Å². The zero-order valence-corrected chi connectivity index (χ0v) is 17.9. The summed E-state index contributed by atoms with van der Waals surface area (Å²) in [5.41, 5.74) is 3.70. The van der Waals surface area contributed by atoms with Crippen molar-refractivity contribution in [2.75, 3.05) is 6.54 Å². The van der Waals surface area contributed by atoms with Gasteiger partial charge in [-0.25, -0.2) is 13.6 Å². The number of primary sulfonamides is 1. The molecule has 5 nitrogen and oxygen atoms in total. The molecule has 1 unspecified atom stereocenters. The van der Waals surface area contributed by atoms with Gasteiger partial charge in [-0.1, -0.05) is 58.4 Å². The Morgan fingerprint density at radius 2 is 1.66 bits per heavy atom. The first-order valence-electron chi connectivity index (χ1n) is 9.12. The van der Waals surface area contributed by atoms with Crippen molar-refractivity contribution in [2.45, 2.75) is 17.4 Å². The number of fused-ring (bicyclic) bond motifs is 1. The van der Waals surface area contributed by atoms with Gasteiger partial charge >= 0.3 is 0 Å². The number of nitrogens with two attached hydrogens (primary N) is 1. The second-order valence-corrected chi connectivity index (χ2v) is 9.46. The molecule has 2 N–H and O–H groups in total. The summed E-state index contributed by atoms with van der Waals surface area (Å²) in [6.07, 6.45) is 0.606. The van der Waals surface area contributed by atoms with E-state index >= 15 is 0 Å². The molecular formula is C22H19BrN2O3S. The molecule has 7 heteroatoms. The Bertz CT molecular complexity index is 1160. The Hall–Kier alpha value is -2.48. The number of hydrogen-bond acceptors (Lipinski definition) is 3. The highest BCUT2D eigenvalue weighted by molar-refractivity contribution is 9.10. The fourth-order valence-corrected chi connectivity index (χ4v) is 4.61. The SMILES string of the molecule is NS(=O)(=O)c1ccc(CCN2C(=O)c3ccc(Br)cc3C2c2ccccc2)cc1. The Morgan fingerprint density at radius 3 is 2.31 bits per heavy atom. The molecule has 1 atom stereocenters. The second kappa shape index (κ2) is 7.74. The van der Waals surface area contributed by atoms with Crippen LogP contribution < -0.4 is 5.14 Å². The summed E-state index contributed by atoms with van der Waals surface area (Å²) in [5, 5.41) is 5.16. The van der Waals surface area contributed by atoms with Gasteiger partial charge in [-0.15, -0.1) is 0 Å². The lowest BCUT2D eigenvalue weighted by Gasteiger charge is -2.26. The quantitative estimate of drug-likeness (QED) is 0.613. The smallest absolute Gasteiger partial charge is 0.255 e. The van der Waals surface area contributed by atoms with E-state index in [0.717, 1.165) is 21.2 Å². The van der Waals surface area contributed by atoms with E-state index in [1.54, 1.807) is 12.1 Å². The van der Waals surface area contributed by atoms with Crippen LogP contribution in [-0.2, 0) is 16.4 Å². The minimum absolute atomic E-state index is 0.00232. The van der Waals surface area contributed by atoms with E-state index in [9.17, 15) is 13.2 Å². The van der Waals surface area contributed by atoms with Gasteiger partial charge in [-0.3, -0.25) is 4.79 Å². The summed E-state index contributed by atoms with van der Waals surface area (Å²) in [6.45, 7) is 0.513. The van der Waals surface area contributed by atoms with Gasteiger partial charge in [-0.2, -0.15) is 0 Å². The van der Waals surface area contributed by atoms with Crippen molar-refractivity contribution in [1.82, 2.24) is 4.90 Å². The molecule has 0 saturated carbocycles. The molecule has 1 heterocycles. The van der Waals surface area contributed by atoms with Gasteiger partial charge in [0.2, 0.25) is 10.0 Å². The number of halogens is 1. The van der Waals surface area contributed by atoms with Gasteiger partial charge in [0.1, 0.15) is 0 Å². The van der Waals surface area contributed by atoms with Gasteiger partial charge in [-0.05, 0) is 53.4 Å². The maximum Gasteiger partial charge on any atom is 0.255 e. The van der Waals surface area contributed by atoms with Crippen molar-refractivity contribution < 1.29 is 13.2 Å². The van der Waals surface area contributed by atoms with Gasteiger partial charge in [0, 0.05) is 16.6 Å². The molecule has 0 radical (unpaired) electrons. The maximum absolute atomic E-state index is 13.1. The lowest BCUT2D eigenvalue weighted by molar-refractivity contribution is 0.0751. The van der Waals surface area contributed by atoms with E-state index in [0.29, 0.717) is 18.5 Å². The van der Waals surface area contributed by atoms with Gasteiger partial charge in [0.05, 0.1) is 10.9 Å². The summed E-state index contributed by atoms with van der Waals surface area (Å²) in [4.78, 5) is 15.1. The van der Waals surface area contributed by atoms with Crippen molar-refractivity contribution >= 4 is 31.9 Å². The first-order valence-corrected chi connectivity index (χ1v) is 11.5. The Labute approximate surface area is 178 Å². The Balaban J connectivity index is 1.63. The van der Waals surface area contributed by atoms with Gasteiger partial charge in [0.25, 0.3) is 5.91 Å². The van der Waals surface area contributed by atoms with Crippen molar-refractivity contribution in [3.63, 3.8) is 0 Å². The topological polar surface area (TPSA) is 80.5 Å². The van der Waals surface area contributed by atoms with E-state index in [1.165, 1.54) is 12.1 Å².